The van der Waals surface area contributed by atoms with E-state index in [9.17, 15) is 24.8 Å². The van der Waals surface area contributed by atoms with Gasteiger partial charge in [0.25, 0.3) is 5.69 Å². The van der Waals surface area contributed by atoms with E-state index in [0.717, 1.165) is 0 Å². The van der Waals surface area contributed by atoms with Crippen LogP contribution in [0.3, 0.4) is 0 Å². The number of carbonyl (C=O) groups excluding carboxylic acids is 1. The molecule has 2 atom stereocenters. The molecular formula is C16H20N4O5. The summed E-state index contributed by atoms with van der Waals surface area (Å²) in [5.74, 6) is -1.54. The zero-order valence-electron chi connectivity index (χ0n) is 14.2. The summed E-state index contributed by atoms with van der Waals surface area (Å²) >= 11 is 0. The summed E-state index contributed by atoms with van der Waals surface area (Å²) in [6, 6.07) is 5.13. The summed E-state index contributed by atoms with van der Waals surface area (Å²) in [5.41, 5.74) is 0.946. The van der Waals surface area contributed by atoms with E-state index in [0.29, 0.717) is 11.3 Å². The number of carboxylic acids is 1. The molecule has 1 aliphatic heterocycles. The van der Waals surface area contributed by atoms with E-state index in [4.69, 9.17) is 0 Å². The fraction of sp³-hybridized carbons (Fsp3) is 0.438. The highest BCUT2D eigenvalue weighted by Gasteiger charge is 2.34. The predicted molar refractivity (Wildman–Crippen MR) is 90.0 cm³/mol. The molecule has 25 heavy (non-hydrogen) atoms. The van der Waals surface area contributed by atoms with E-state index in [1.54, 1.807) is 26.0 Å². The van der Waals surface area contributed by atoms with E-state index >= 15 is 0 Å². The second-order valence-electron chi connectivity index (χ2n) is 6.16. The number of hydrogen-bond acceptors (Lipinski definition) is 6. The lowest BCUT2D eigenvalue weighted by atomic mass is 10.0. The average molecular weight is 348 g/mol. The van der Waals surface area contributed by atoms with Crippen LogP contribution in [0.4, 0.5) is 5.69 Å². The Labute approximate surface area is 144 Å². The number of nitro benzene ring substituents is 1. The van der Waals surface area contributed by atoms with Crippen molar-refractivity contribution < 1.29 is 19.6 Å². The Kier molecular flexibility index (Phi) is 5.48. The van der Waals surface area contributed by atoms with Crippen LogP contribution < -0.4 is 5.32 Å². The number of nitrogens with one attached hydrogen (secondary N) is 1. The van der Waals surface area contributed by atoms with E-state index < -0.39 is 23.1 Å². The molecule has 2 N–H and O–H groups in total. The van der Waals surface area contributed by atoms with Gasteiger partial charge >= 0.3 is 5.97 Å². The molecule has 2 rings (SSSR count). The molecule has 1 heterocycles. The predicted octanol–water partition coefficient (Wildman–Crippen LogP) is 1.58. The van der Waals surface area contributed by atoms with Crippen molar-refractivity contribution in [2.24, 2.45) is 11.0 Å². The maximum absolute atomic E-state index is 11.9. The smallest absolute Gasteiger partial charge is 0.321 e. The molecule has 1 amide bonds. The number of rotatable bonds is 6. The molecule has 1 aromatic rings. The first-order valence-corrected chi connectivity index (χ1v) is 7.81. The monoisotopic (exact) mass is 348 g/mol. The van der Waals surface area contributed by atoms with Crippen molar-refractivity contribution in [3.63, 3.8) is 0 Å². The van der Waals surface area contributed by atoms with Gasteiger partial charge in [-0.3, -0.25) is 25.0 Å². The average Bonchev–Trinajstić information content (AvgIpc) is 2.96. The first kappa shape index (κ1) is 18.5. The van der Waals surface area contributed by atoms with E-state index in [2.05, 4.69) is 10.4 Å². The number of nitro groups is 1. The largest absolute Gasteiger partial charge is 0.480 e. The van der Waals surface area contributed by atoms with E-state index in [1.807, 2.05) is 0 Å². The van der Waals surface area contributed by atoms with Crippen LogP contribution in [0.15, 0.2) is 29.4 Å². The van der Waals surface area contributed by atoms with Crippen molar-refractivity contribution in [3.05, 3.63) is 39.9 Å². The Balaban J connectivity index is 2.27. The highest BCUT2D eigenvalue weighted by molar-refractivity contribution is 6.03. The Morgan fingerprint density at radius 3 is 2.64 bits per heavy atom. The number of aliphatic carboxylic acids is 1. The summed E-state index contributed by atoms with van der Waals surface area (Å²) < 4.78 is 0. The van der Waals surface area contributed by atoms with Crippen LogP contribution >= 0.6 is 0 Å². The fourth-order valence-electron chi connectivity index (χ4n) is 2.66. The number of hydrogen-bond donors (Lipinski definition) is 2. The second kappa shape index (κ2) is 7.39. The number of carbonyl (C=O) groups is 2. The Hall–Kier alpha value is -2.81. The Bertz CT molecular complexity index is 731. The van der Waals surface area contributed by atoms with Crippen LogP contribution in [0.25, 0.3) is 0 Å². The highest BCUT2D eigenvalue weighted by Crippen LogP contribution is 2.22. The molecule has 1 aliphatic rings. The van der Waals surface area contributed by atoms with Crippen LogP contribution in [-0.2, 0) is 9.59 Å². The molecule has 0 saturated carbocycles. The van der Waals surface area contributed by atoms with Crippen molar-refractivity contribution >= 4 is 23.3 Å². The van der Waals surface area contributed by atoms with Gasteiger partial charge in [-0.1, -0.05) is 26.0 Å². The molecule has 0 radical (unpaired) electrons. The third kappa shape index (κ3) is 4.18. The van der Waals surface area contributed by atoms with Crippen LogP contribution in [0.1, 0.15) is 32.8 Å². The maximum Gasteiger partial charge on any atom is 0.321 e. The molecule has 1 aromatic carbocycles. The van der Waals surface area contributed by atoms with Gasteiger partial charge in [0, 0.05) is 31.0 Å². The lowest BCUT2D eigenvalue weighted by Gasteiger charge is -2.27. The molecule has 0 saturated heterocycles. The zero-order chi connectivity index (χ0) is 18.7. The minimum Gasteiger partial charge on any atom is -0.480 e. The quantitative estimate of drug-likeness (QED) is 0.594. The summed E-state index contributed by atoms with van der Waals surface area (Å²) in [7, 11) is 0. The van der Waals surface area contributed by atoms with Crippen molar-refractivity contribution in [2.45, 2.75) is 39.4 Å². The molecular weight excluding hydrogens is 328 g/mol. The van der Waals surface area contributed by atoms with Crippen LogP contribution in [0.2, 0.25) is 0 Å². The van der Waals surface area contributed by atoms with Crippen LogP contribution in [0.5, 0.6) is 0 Å². The van der Waals surface area contributed by atoms with Crippen molar-refractivity contribution in [3.8, 4) is 0 Å². The van der Waals surface area contributed by atoms with Gasteiger partial charge in [-0.05, 0) is 5.92 Å². The summed E-state index contributed by atoms with van der Waals surface area (Å²) in [6.07, 6.45) is -0.354. The normalized spacial score (nSPS) is 18.2. The molecule has 0 fully saturated rings. The summed E-state index contributed by atoms with van der Waals surface area (Å²) in [4.78, 5) is 33.7. The van der Waals surface area contributed by atoms with Gasteiger partial charge in [-0.25, -0.2) is 5.01 Å². The number of non-ortho nitro benzene ring substituents is 1. The van der Waals surface area contributed by atoms with Crippen molar-refractivity contribution in [1.82, 2.24) is 10.3 Å². The van der Waals surface area contributed by atoms with Crippen molar-refractivity contribution in [1.29, 1.82) is 0 Å². The summed E-state index contributed by atoms with van der Waals surface area (Å²) in [5, 5.41) is 28.6. The van der Waals surface area contributed by atoms with E-state index in [-0.39, 0.29) is 23.9 Å². The Morgan fingerprint density at radius 2 is 2.12 bits per heavy atom. The van der Waals surface area contributed by atoms with Gasteiger partial charge in [0.1, 0.15) is 12.2 Å². The van der Waals surface area contributed by atoms with Gasteiger partial charge in [-0.15, -0.1) is 0 Å². The SMILES string of the molecule is CC(=O)N1N=C(c2cccc([N+](=O)[O-])c2)CC1NC(C(=O)O)C(C)C. The summed E-state index contributed by atoms with van der Waals surface area (Å²) in [6.45, 7) is 4.86. The standard InChI is InChI=1S/C16H20N4O5/c1-9(2)15(16(22)23)17-14-8-13(18-19(14)10(3)21)11-5-4-6-12(7-11)20(24)25/h4-7,9,14-15,17H,8H2,1-3H3,(H,22,23). The fourth-order valence-corrected chi connectivity index (χ4v) is 2.66. The van der Waals surface area contributed by atoms with Crippen molar-refractivity contribution in [2.75, 3.05) is 0 Å². The Morgan fingerprint density at radius 1 is 1.44 bits per heavy atom. The number of benzene rings is 1. The number of hydrazone groups is 1. The first-order valence-electron chi connectivity index (χ1n) is 7.81. The number of amides is 1. The molecule has 0 bridgehead atoms. The highest BCUT2D eigenvalue weighted by atomic mass is 16.6. The first-order chi connectivity index (χ1) is 11.7. The molecule has 134 valence electrons. The molecule has 0 spiro atoms. The molecule has 0 aromatic heterocycles. The zero-order valence-corrected chi connectivity index (χ0v) is 14.2. The molecule has 9 nitrogen and oxygen atoms in total. The minimum atomic E-state index is -1.01. The third-order valence-electron chi connectivity index (χ3n) is 3.93. The third-order valence-corrected chi connectivity index (χ3v) is 3.93. The molecule has 2 unspecified atom stereocenters. The van der Waals surface area contributed by atoms with Gasteiger partial charge in [-0.2, -0.15) is 5.10 Å². The second-order valence-corrected chi connectivity index (χ2v) is 6.16. The van der Waals surface area contributed by atoms with Crippen LogP contribution in [-0.4, -0.2) is 44.8 Å². The lowest BCUT2D eigenvalue weighted by molar-refractivity contribution is -0.384. The maximum atomic E-state index is 11.9. The van der Waals surface area contributed by atoms with E-state index in [1.165, 1.54) is 24.1 Å². The number of carboxylic acid groups (broad SMARTS) is 1. The van der Waals surface area contributed by atoms with Gasteiger partial charge in [0.05, 0.1) is 10.6 Å². The van der Waals surface area contributed by atoms with Gasteiger partial charge < -0.3 is 5.11 Å². The lowest BCUT2D eigenvalue weighted by Crippen LogP contribution is -2.52. The van der Waals surface area contributed by atoms with Gasteiger partial charge in [0.2, 0.25) is 5.91 Å². The minimum absolute atomic E-state index is 0.0726. The molecule has 0 aliphatic carbocycles. The van der Waals surface area contributed by atoms with Gasteiger partial charge in [0.15, 0.2) is 0 Å². The van der Waals surface area contributed by atoms with Crippen LogP contribution in [0, 0.1) is 16.0 Å². The molecule has 9 heteroatoms. The topological polar surface area (TPSA) is 125 Å². The number of nitrogens with zero attached hydrogens (tertiary/aromatic N) is 3.